The van der Waals surface area contributed by atoms with E-state index in [2.05, 4.69) is 10.3 Å². The smallest absolute Gasteiger partial charge is 0.345 e. The molecule has 118 valence electrons. The molecule has 0 aliphatic rings. The molecule has 0 radical (unpaired) electrons. The molecule has 5 nitrogen and oxygen atoms in total. The Kier molecular flexibility index (Phi) is 3.55. The number of thiophene rings is 1. The molecular formula is C17H9ClN2O3S. The summed E-state index contributed by atoms with van der Waals surface area (Å²) in [6.45, 7) is 0. The highest BCUT2D eigenvalue weighted by Crippen LogP contribution is 2.30. The molecule has 0 saturated heterocycles. The summed E-state index contributed by atoms with van der Waals surface area (Å²) in [6.07, 6.45) is 1.45. The predicted octanol–water partition coefficient (Wildman–Crippen LogP) is 4.31. The molecule has 0 fully saturated rings. The Morgan fingerprint density at radius 3 is 2.79 bits per heavy atom. The Bertz CT molecular complexity index is 1130. The van der Waals surface area contributed by atoms with Gasteiger partial charge in [0.2, 0.25) is 0 Å². The van der Waals surface area contributed by atoms with E-state index in [1.165, 1.54) is 17.5 Å². The third kappa shape index (κ3) is 2.55. The lowest BCUT2D eigenvalue weighted by molar-refractivity contribution is 0.103. The second-order valence-electron chi connectivity index (χ2n) is 5.05. The number of hydrogen-bond donors (Lipinski definition) is 1. The number of rotatable bonds is 2. The van der Waals surface area contributed by atoms with Gasteiger partial charge in [0.15, 0.2) is 0 Å². The highest BCUT2D eigenvalue weighted by atomic mass is 35.5. The summed E-state index contributed by atoms with van der Waals surface area (Å²) in [5.74, 6) is 0.0493. The highest BCUT2D eigenvalue weighted by molar-refractivity contribution is 7.21. The van der Waals surface area contributed by atoms with E-state index >= 15 is 0 Å². The van der Waals surface area contributed by atoms with Gasteiger partial charge < -0.3 is 9.73 Å². The van der Waals surface area contributed by atoms with Gasteiger partial charge in [-0.2, -0.15) is 0 Å². The first kappa shape index (κ1) is 14.9. The van der Waals surface area contributed by atoms with E-state index in [9.17, 15) is 9.59 Å². The van der Waals surface area contributed by atoms with Crippen molar-refractivity contribution in [2.24, 2.45) is 0 Å². The minimum absolute atomic E-state index is 0.338. The van der Waals surface area contributed by atoms with E-state index in [4.69, 9.17) is 16.0 Å². The molecular weight excluding hydrogens is 348 g/mol. The van der Waals surface area contributed by atoms with Gasteiger partial charge in [0.25, 0.3) is 5.91 Å². The van der Waals surface area contributed by atoms with Crippen LogP contribution in [0.25, 0.3) is 21.1 Å². The van der Waals surface area contributed by atoms with Crippen LogP contribution < -0.4 is 10.9 Å². The van der Waals surface area contributed by atoms with Crippen LogP contribution >= 0.6 is 22.9 Å². The number of carbonyl (C=O) groups is 1. The van der Waals surface area contributed by atoms with Crippen molar-refractivity contribution in [1.82, 2.24) is 4.98 Å². The fourth-order valence-corrected chi connectivity index (χ4v) is 3.56. The van der Waals surface area contributed by atoms with Crippen LogP contribution in [0.1, 0.15) is 9.67 Å². The molecule has 1 N–H and O–H groups in total. The molecule has 3 heterocycles. The van der Waals surface area contributed by atoms with Gasteiger partial charge >= 0.3 is 5.63 Å². The number of amides is 1. The summed E-state index contributed by atoms with van der Waals surface area (Å²) in [5.41, 5.74) is 0.0480. The number of benzene rings is 1. The topological polar surface area (TPSA) is 72.2 Å². The number of nitrogens with one attached hydrogen (secondary N) is 1. The second kappa shape index (κ2) is 5.74. The number of aromatic nitrogens is 1. The van der Waals surface area contributed by atoms with Crippen LogP contribution in [0.2, 0.25) is 5.02 Å². The van der Waals surface area contributed by atoms with Crippen LogP contribution in [-0.2, 0) is 0 Å². The van der Waals surface area contributed by atoms with E-state index in [0.717, 1.165) is 10.1 Å². The van der Waals surface area contributed by atoms with Crippen molar-refractivity contribution < 1.29 is 9.21 Å². The Hall–Kier alpha value is -2.70. The lowest BCUT2D eigenvalue weighted by Crippen LogP contribution is -2.11. The van der Waals surface area contributed by atoms with Crippen molar-refractivity contribution in [2.75, 3.05) is 5.32 Å². The zero-order chi connectivity index (χ0) is 16.7. The number of carbonyl (C=O) groups excluding carboxylic acids is 1. The van der Waals surface area contributed by atoms with E-state index in [1.807, 2.05) is 12.1 Å². The zero-order valence-corrected chi connectivity index (χ0v) is 13.6. The third-order valence-corrected chi connectivity index (χ3v) is 4.87. The number of fused-ring (bicyclic) bond motifs is 3. The van der Waals surface area contributed by atoms with Gasteiger partial charge in [-0.3, -0.25) is 4.79 Å². The van der Waals surface area contributed by atoms with Crippen molar-refractivity contribution in [3.05, 3.63) is 69.0 Å². The standard InChI is InChI=1S/C17H9ClN2O3S/c18-9-5-6-14(19-8-9)20-16(21)13-7-11-15(24-13)10-3-1-2-4-12(10)23-17(11)22/h1-8H,(H,19,20,21). The number of hydrogen-bond acceptors (Lipinski definition) is 5. The molecule has 24 heavy (non-hydrogen) atoms. The fourth-order valence-electron chi connectivity index (χ4n) is 2.38. The summed E-state index contributed by atoms with van der Waals surface area (Å²) in [4.78, 5) is 28.9. The average molecular weight is 357 g/mol. The number of anilines is 1. The molecule has 0 atom stereocenters. The van der Waals surface area contributed by atoms with Gasteiger partial charge in [0.1, 0.15) is 11.4 Å². The molecule has 7 heteroatoms. The Morgan fingerprint density at radius 2 is 2.00 bits per heavy atom. The molecule has 0 saturated carbocycles. The maximum Gasteiger partial charge on any atom is 0.345 e. The summed E-state index contributed by atoms with van der Waals surface area (Å²) < 4.78 is 6.02. The van der Waals surface area contributed by atoms with Crippen molar-refractivity contribution >= 4 is 55.7 Å². The van der Waals surface area contributed by atoms with Crippen molar-refractivity contribution in [1.29, 1.82) is 0 Å². The van der Waals surface area contributed by atoms with Crippen LogP contribution in [0.15, 0.2) is 57.9 Å². The summed E-state index contributed by atoms with van der Waals surface area (Å²) in [7, 11) is 0. The Labute approximate surface area is 144 Å². The van der Waals surface area contributed by atoms with E-state index < -0.39 is 5.63 Å². The van der Waals surface area contributed by atoms with Gasteiger partial charge in [-0.05, 0) is 30.3 Å². The van der Waals surface area contributed by atoms with Crippen LogP contribution in [0, 0.1) is 0 Å². The number of nitrogens with zero attached hydrogens (tertiary/aromatic N) is 1. The molecule has 0 aliphatic carbocycles. The molecule has 4 rings (SSSR count). The largest absolute Gasteiger partial charge is 0.422 e. The minimum atomic E-state index is -0.455. The third-order valence-electron chi connectivity index (χ3n) is 3.48. The van der Waals surface area contributed by atoms with Crippen LogP contribution in [0.5, 0.6) is 0 Å². The Balaban J connectivity index is 1.78. The van der Waals surface area contributed by atoms with Crippen molar-refractivity contribution in [3.63, 3.8) is 0 Å². The quantitative estimate of drug-likeness (QED) is 0.543. The maximum absolute atomic E-state index is 12.4. The molecule has 0 bridgehead atoms. The first-order valence-electron chi connectivity index (χ1n) is 7.00. The normalized spacial score (nSPS) is 11.0. The summed E-state index contributed by atoms with van der Waals surface area (Å²) in [6, 6.07) is 12.0. The molecule has 0 spiro atoms. The lowest BCUT2D eigenvalue weighted by Gasteiger charge is -2.01. The van der Waals surface area contributed by atoms with Gasteiger partial charge in [-0.1, -0.05) is 23.7 Å². The second-order valence-corrected chi connectivity index (χ2v) is 6.54. The van der Waals surface area contributed by atoms with E-state index in [-0.39, 0.29) is 5.91 Å². The van der Waals surface area contributed by atoms with Crippen LogP contribution in [-0.4, -0.2) is 10.9 Å². The maximum atomic E-state index is 12.4. The van der Waals surface area contributed by atoms with Crippen LogP contribution in [0.3, 0.4) is 0 Å². The average Bonchev–Trinajstić information content (AvgIpc) is 3.03. The number of halogens is 1. The predicted molar refractivity (Wildman–Crippen MR) is 95.1 cm³/mol. The summed E-state index contributed by atoms with van der Waals surface area (Å²) in [5, 5.41) is 4.37. The fraction of sp³-hybridized carbons (Fsp3) is 0. The van der Waals surface area contributed by atoms with Gasteiger partial charge in [-0.25, -0.2) is 9.78 Å². The molecule has 0 unspecified atom stereocenters. The first-order chi connectivity index (χ1) is 11.6. The first-order valence-corrected chi connectivity index (χ1v) is 8.19. The van der Waals surface area contributed by atoms with Gasteiger partial charge in [-0.15, -0.1) is 11.3 Å². The monoisotopic (exact) mass is 356 g/mol. The van der Waals surface area contributed by atoms with Crippen molar-refractivity contribution in [2.45, 2.75) is 0 Å². The van der Waals surface area contributed by atoms with E-state index in [0.29, 0.717) is 26.7 Å². The zero-order valence-electron chi connectivity index (χ0n) is 12.1. The number of para-hydroxylation sites is 1. The highest BCUT2D eigenvalue weighted by Gasteiger charge is 2.16. The molecule has 0 aliphatic heterocycles. The Morgan fingerprint density at radius 1 is 1.17 bits per heavy atom. The van der Waals surface area contributed by atoms with Gasteiger partial charge in [0.05, 0.1) is 20.0 Å². The SMILES string of the molecule is O=C(Nc1ccc(Cl)cn1)c1cc2c(=O)oc3ccccc3c2s1. The molecule has 4 aromatic rings. The molecule has 1 amide bonds. The summed E-state index contributed by atoms with van der Waals surface area (Å²) >= 11 is 7.02. The van der Waals surface area contributed by atoms with Gasteiger partial charge in [0, 0.05) is 11.6 Å². The molecule has 1 aromatic carbocycles. The number of pyridine rings is 1. The van der Waals surface area contributed by atoms with Crippen molar-refractivity contribution in [3.8, 4) is 0 Å². The van der Waals surface area contributed by atoms with E-state index in [1.54, 1.807) is 30.3 Å². The minimum Gasteiger partial charge on any atom is -0.422 e. The molecule has 3 aromatic heterocycles. The van der Waals surface area contributed by atoms with Crippen LogP contribution in [0.4, 0.5) is 5.82 Å². The lowest BCUT2D eigenvalue weighted by atomic mass is 10.2.